The molecule has 0 fully saturated rings. The largest absolute Gasteiger partial charge is 0.511 e. The molecular weight excluding hydrogens is 458 g/mol. The molecule has 2 aliphatic rings. The molecule has 10 heteroatoms. The Kier molecular flexibility index (Phi) is 5.13. The normalized spacial score (nSPS) is 19.9. The van der Waals surface area contributed by atoms with Crippen LogP contribution in [-0.4, -0.2) is 32.3 Å². The fourth-order valence-corrected chi connectivity index (χ4v) is 4.43. The van der Waals surface area contributed by atoms with Gasteiger partial charge in [-0.25, -0.2) is 9.59 Å². The standard InChI is InChI=1S/C25H17NO9/c27-16-10-9-12(26(32)33)11-15(16)19(20-22(28)13-5-1-3-7-17(13)34-24(20)30)21-23(29)14-6-2-4-8-18(14)35-25(21)31/h1-11,13,17,19,27-29H. The van der Waals surface area contributed by atoms with Gasteiger partial charge >= 0.3 is 11.6 Å². The molecule has 1 aliphatic carbocycles. The van der Waals surface area contributed by atoms with Crippen LogP contribution in [0.3, 0.4) is 0 Å². The van der Waals surface area contributed by atoms with Gasteiger partial charge < -0.3 is 24.5 Å². The zero-order chi connectivity index (χ0) is 24.9. The number of phenolic OH excluding ortho intramolecular Hbond substituents is 1. The third-order valence-corrected chi connectivity index (χ3v) is 6.07. The van der Waals surface area contributed by atoms with Crippen LogP contribution in [0.2, 0.25) is 0 Å². The minimum atomic E-state index is -1.65. The quantitative estimate of drug-likeness (QED) is 0.221. The average Bonchev–Trinajstić information content (AvgIpc) is 2.83. The summed E-state index contributed by atoms with van der Waals surface area (Å²) in [4.78, 5) is 37.0. The van der Waals surface area contributed by atoms with Crippen LogP contribution in [0.25, 0.3) is 11.0 Å². The number of allylic oxidation sites excluding steroid dienone is 2. The highest BCUT2D eigenvalue weighted by Crippen LogP contribution is 2.46. The van der Waals surface area contributed by atoms with Crippen LogP contribution in [0.5, 0.6) is 11.5 Å². The summed E-state index contributed by atoms with van der Waals surface area (Å²) in [7, 11) is 0. The Morgan fingerprint density at radius 3 is 2.51 bits per heavy atom. The van der Waals surface area contributed by atoms with Crippen LogP contribution in [-0.2, 0) is 9.53 Å². The predicted molar refractivity (Wildman–Crippen MR) is 122 cm³/mol. The number of rotatable bonds is 4. The number of aliphatic hydroxyl groups excluding tert-OH is 1. The summed E-state index contributed by atoms with van der Waals surface area (Å²) in [5.74, 6) is -5.01. The van der Waals surface area contributed by atoms with Crippen molar-refractivity contribution in [1.29, 1.82) is 0 Å². The maximum atomic E-state index is 13.1. The van der Waals surface area contributed by atoms with Crippen molar-refractivity contribution in [3.8, 4) is 11.5 Å². The van der Waals surface area contributed by atoms with E-state index in [-0.39, 0.29) is 16.5 Å². The molecule has 10 nitrogen and oxygen atoms in total. The molecule has 35 heavy (non-hydrogen) atoms. The number of aromatic hydroxyl groups is 2. The van der Waals surface area contributed by atoms with Crippen molar-refractivity contribution in [3.63, 3.8) is 0 Å². The molecule has 3 atom stereocenters. The van der Waals surface area contributed by atoms with Gasteiger partial charge in [-0.05, 0) is 24.3 Å². The Bertz CT molecular complexity index is 1550. The van der Waals surface area contributed by atoms with Gasteiger partial charge in [-0.3, -0.25) is 10.1 Å². The molecule has 3 aromatic rings. The summed E-state index contributed by atoms with van der Waals surface area (Å²) in [5.41, 5.74) is -2.68. The van der Waals surface area contributed by atoms with E-state index in [2.05, 4.69) is 0 Å². The van der Waals surface area contributed by atoms with Gasteiger partial charge in [0, 0.05) is 17.7 Å². The van der Waals surface area contributed by atoms with Gasteiger partial charge in [0.25, 0.3) is 5.69 Å². The maximum Gasteiger partial charge on any atom is 0.344 e. The van der Waals surface area contributed by atoms with E-state index in [4.69, 9.17) is 9.15 Å². The number of nitro benzene ring substituents is 1. The number of para-hydroxylation sites is 1. The molecular formula is C25H17NO9. The smallest absolute Gasteiger partial charge is 0.344 e. The fourth-order valence-electron chi connectivity index (χ4n) is 4.43. The van der Waals surface area contributed by atoms with Crippen molar-refractivity contribution < 1.29 is 34.2 Å². The summed E-state index contributed by atoms with van der Waals surface area (Å²) in [6.45, 7) is 0. The minimum absolute atomic E-state index is 0.0607. The number of hydrogen-bond acceptors (Lipinski definition) is 9. The molecule has 0 bridgehead atoms. The number of ether oxygens (including phenoxy) is 1. The first-order chi connectivity index (χ1) is 16.8. The Hall–Kier alpha value is -4.86. The Morgan fingerprint density at radius 2 is 1.74 bits per heavy atom. The second-order valence-corrected chi connectivity index (χ2v) is 8.05. The number of nitro groups is 1. The van der Waals surface area contributed by atoms with Crippen LogP contribution >= 0.6 is 0 Å². The monoisotopic (exact) mass is 475 g/mol. The van der Waals surface area contributed by atoms with Gasteiger partial charge in [0.1, 0.15) is 28.9 Å². The van der Waals surface area contributed by atoms with E-state index in [0.717, 1.165) is 18.2 Å². The fraction of sp³-hybridized carbons (Fsp3) is 0.120. The van der Waals surface area contributed by atoms with Crippen LogP contribution in [0, 0.1) is 16.0 Å². The number of esters is 1. The molecule has 0 saturated heterocycles. The van der Waals surface area contributed by atoms with Crippen molar-refractivity contribution in [3.05, 3.63) is 110 Å². The molecule has 2 aromatic carbocycles. The molecule has 3 N–H and O–H groups in total. The zero-order valence-corrected chi connectivity index (χ0v) is 17.8. The SMILES string of the molecule is O=C1OC2C=CC=CC2C(O)=C1C(c1cc([N+](=O)[O-])ccc1O)c1c(O)c2ccccc2oc1=O. The van der Waals surface area contributed by atoms with E-state index >= 15 is 0 Å². The van der Waals surface area contributed by atoms with Gasteiger partial charge in [-0.1, -0.05) is 30.4 Å². The van der Waals surface area contributed by atoms with Crippen molar-refractivity contribution in [2.75, 3.05) is 0 Å². The van der Waals surface area contributed by atoms with Gasteiger partial charge in [0.2, 0.25) is 0 Å². The lowest BCUT2D eigenvalue weighted by Gasteiger charge is -2.33. The zero-order valence-electron chi connectivity index (χ0n) is 17.8. The Labute approximate surface area is 196 Å². The van der Waals surface area contributed by atoms with E-state index in [1.54, 1.807) is 36.4 Å². The second kappa shape index (κ2) is 8.17. The number of hydrogen-bond donors (Lipinski definition) is 3. The number of benzene rings is 2. The van der Waals surface area contributed by atoms with Crippen molar-refractivity contribution in [2.24, 2.45) is 5.92 Å². The highest BCUT2D eigenvalue weighted by atomic mass is 16.6. The maximum absolute atomic E-state index is 13.1. The first-order valence-corrected chi connectivity index (χ1v) is 10.5. The van der Waals surface area contributed by atoms with Crippen LogP contribution in [0.4, 0.5) is 5.69 Å². The van der Waals surface area contributed by atoms with E-state index in [1.807, 2.05) is 0 Å². The lowest BCUT2D eigenvalue weighted by molar-refractivity contribution is -0.384. The Balaban J connectivity index is 1.86. The van der Waals surface area contributed by atoms with Gasteiger partial charge in [-0.2, -0.15) is 0 Å². The molecule has 0 saturated carbocycles. The third kappa shape index (κ3) is 3.52. The molecule has 1 aromatic heterocycles. The molecule has 3 unspecified atom stereocenters. The molecule has 5 rings (SSSR count). The molecule has 1 aliphatic heterocycles. The van der Waals surface area contributed by atoms with Gasteiger partial charge in [0.05, 0.1) is 33.3 Å². The third-order valence-electron chi connectivity index (χ3n) is 6.07. The van der Waals surface area contributed by atoms with E-state index < -0.39 is 68.5 Å². The molecule has 2 heterocycles. The summed E-state index contributed by atoms with van der Waals surface area (Å²) in [6.07, 6.45) is 5.62. The molecule has 0 amide bonds. The molecule has 0 radical (unpaired) electrons. The second-order valence-electron chi connectivity index (χ2n) is 8.05. The van der Waals surface area contributed by atoms with E-state index in [9.17, 15) is 35.0 Å². The first kappa shape index (κ1) is 22.0. The van der Waals surface area contributed by atoms with Crippen molar-refractivity contribution in [1.82, 2.24) is 0 Å². The molecule has 0 spiro atoms. The van der Waals surface area contributed by atoms with Gasteiger partial charge in [-0.15, -0.1) is 0 Å². The number of carbonyl (C=O) groups is 1. The first-order valence-electron chi connectivity index (χ1n) is 10.5. The number of nitrogens with zero attached hydrogens (tertiary/aromatic N) is 1. The molecule has 176 valence electrons. The Morgan fingerprint density at radius 1 is 1.00 bits per heavy atom. The summed E-state index contributed by atoms with van der Waals surface area (Å²) >= 11 is 0. The number of non-ortho nitro benzene ring substituents is 1. The predicted octanol–water partition coefficient (Wildman–Crippen LogP) is 3.72. The number of fused-ring (bicyclic) bond motifs is 2. The average molecular weight is 475 g/mol. The number of carbonyl (C=O) groups excluding carboxylic acids is 1. The van der Waals surface area contributed by atoms with Gasteiger partial charge in [0.15, 0.2) is 0 Å². The van der Waals surface area contributed by atoms with E-state index in [1.165, 1.54) is 12.1 Å². The highest BCUT2D eigenvalue weighted by molar-refractivity contribution is 5.94. The number of aliphatic hydroxyl groups is 1. The van der Waals surface area contributed by atoms with Crippen LogP contribution in [0.15, 0.2) is 87.3 Å². The lowest BCUT2D eigenvalue weighted by Crippen LogP contribution is -2.36. The van der Waals surface area contributed by atoms with E-state index in [0.29, 0.717) is 0 Å². The van der Waals surface area contributed by atoms with Crippen LogP contribution < -0.4 is 5.63 Å². The van der Waals surface area contributed by atoms with Crippen molar-refractivity contribution in [2.45, 2.75) is 12.0 Å². The lowest BCUT2D eigenvalue weighted by atomic mass is 9.79. The summed E-state index contributed by atoms with van der Waals surface area (Å²) in [6, 6.07) is 9.12. The minimum Gasteiger partial charge on any atom is -0.511 e. The highest BCUT2D eigenvalue weighted by Gasteiger charge is 2.43. The van der Waals surface area contributed by atoms with Crippen molar-refractivity contribution >= 4 is 22.6 Å². The summed E-state index contributed by atoms with van der Waals surface area (Å²) < 4.78 is 10.8. The topological polar surface area (TPSA) is 160 Å². The number of phenols is 1. The summed E-state index contributed by atoms with van der Waals surface area (Å²) in [5, 5.41) is 44.5. The van der Waals surface area contributed by atoms with Crippen LogP contribution in [0.1, 0.15) is 17.0 Å².